The molecule has 24 heavy (non-hydrogen) atoms. The lowest BCUT2D eigenvalue weighted by atomic mass is 9.95. The standard InChI is InChI=1S/C22H18O2/c1-24-21-13-12-15-6-2-4-8-18(15)20(21)14-17-11-10-16-7-3-5-9-19(16)22(17)23/h2-13,23H,14H2,1H3. The molecule has 2 nitrogen and oxygen atoms in total. The van der Waals surface area contributed by atoms with Gasteiger partial charge in [-0.1, -0.05) is 66.7 Å². The zero-order valence-corrected chi connectivity index (χ0v) is 13.5. The Bertz CT molecular complexity index is 1030. The second kappa shape index (κ2) is 5.89. The largest absolute Gasteiger partial charge is 0.507 e. The molecule has 118 valence electrons. The monoisotopic (exact) mass is 314 g/mol. The Morgan fingerprint density at radius 2 is 1.38 bits per heavy atom. The van der Waals surface area contributed by atoms with E-state index in [9.17, 15) is 5.11 Å². The predicted octanol–water partition coefficient (Wildman–Crippen LogP) is 5.30. The Morgan fingerprint density at radius 3 is 2.12 bits per heavy atom. The van der Waals surface area contributed by atoms with Crippen LogP contribution in [-0.4, -0.2) is 12.2 Å². The number of aromatic hydroxyl groups is 1. The summed E-state index contributed by atoms with van der Waals surface area (Å²) in [7, 11) is 1.69. The molecule has 0 aliphatic heterocycles. The summed E-state index contributed by atoms with van der Waals surface area (Å²) < 4.78 is 5.57. The van der Waals surface area contributed by atoms with Crippen LogP contribution >= 0.6 is 0 Å². The molecule has 0 fully saturated rings. The van der Waals surface area contributed by atoms with Crippen molar-refractivity contribution in [3.8, 4) is 11.5 Å². The molecule has 0 spiro atoms. The number of ether oxygens (including phenoxy) is 1. The second-order valence-electron chi connectivity index (χ2n) is 5.94. The van der Waals surface area contributed by atoms with Crippen molar-refractivity contribution in [1.82, 2.24) is 0 Å². The third kappa shape index (κ3) is 2.37. The fourth-order valence-electron chi connectivity index (χ4n) is 3.32. The van der Waals surface area contributed by atoms with Gasteiger partial charge < -0.3 is 9.84 Å². The van der Waals surface area contributed by atoms with Crippen LogP contribution in [0.2, 0.25) is 0 Å². The number of benzene rings is 4. The van der Waals surface area contributed by atoms with Crippen molar-refractivity contribution < 1.29 is 9.84 Å². The average Bonchev–Trinajstić information content (AvgIpc) is 2.64. The smallest absolute Gasteiger partial charge is 0.126 e. The molecular formula is C22H18O2. The highest BCUT2D eigenvalue weighted by atomic mass is 16.5. The van der Waals surface area contributed by atoms with E-state index in [2.05, 4.69) is 24.3 Å². The first-order chi connectivity index (χ1) is 11.8. The summed E-state index contributed by atoms with van der Waals surface area (Å²) in [5.41, 5.74) is 2.00. The first kappa shape index (κ1) is 14.6. The van der Waals surface area contributed by atoms with Crippen molar-refractivity contribution in [1.29, 1.82) is 0 Å². The van der Waals surface area contributed by atoms with Gasteiger partial charge in [-0.15, -0.1) is 0 Å². The Kier molecular flexibility index (Phi) is 3.58. The van der Waals surface area contributed by atoms with Crippen LogP contribution in [0.3, 0.4) is 0 Å². The topological polar surface area (TPSA) is 29.5 Å². The van der Waals surface area contributed by atoms with Gasteiger partial charge in [-0.25, -0.2) is 0 Å². The first-order valence-corrected chi connectivity index (χ1v) is 8.02. The van der Waals surface area contributed by atoms with E-state index in [0.717, 1.165) is 33.0 Å². The molecule has 4 aromatic rings. The first-order valence-electron chi connectivity index (χ1n) is 8.02. The lowest BCUT2D eigenvalue weighted by Gasteiger charge is -2.14. The van der Waals surface area contributed by atoms with Crippen molar-refractivity contribution in [3.05, 3.63) is 83.9 Å². The van der Waals surface area contributed by atoms with Crippen LogP contribution in [0.1, 0.15) is 11.1 Å². The quantitative estimate of drug-likeness (QED) is 0.556. The fourth-order valence-corrected chi connectivity index (χ4v) is 3.32. The molecule has 0 aliphatic carbocycles. The van der Waals surface area contributed by atoms with Gasteiger partial charge in [0.15, 0.2) is 0 Å². The molecule has 4 aromatic carbocycles. The molecule has 0 bridgehead atoms. The van der Waals surface area contributed by atoms with E-state index in [1.807, 2.05) is 48.5 Å². The summed E-state index contributed by atoms with van der Waals surface area (Å²) in [5.74, 6) is 1.20. The normalized spacial score (nSPS) is 11.0. The molecule has 2 heteroatoms. The molecule has 0 aliphatic rings. The number of phenols is 1. The molecule has 0 heterocycles. The van der Waals surface area contributed by atoms with Crippen molar-refractivity contribution in [2.75, 3.05) is 7.11 Å². The SMILES string of the molecule is COc1ccc2ccccc2c1Cc1ccc2ccccc2c1O. The summed E-state index contributed by atoms with van der Waals surface area (Å²) in [6, 6.07) is 24.3. The summed E-state index contributed by atoms with van der Waals surface area (Å²) in [6.45, 7) is 0. The van der Waals surface area contributed by atoms with Crippen LogP contribution in [0, 0.1) is 0 Å². The molecule has 0 amide bonds. The molecule has 0 unspecified atom stereocenters. The minimum absolute atomic E-state index is 0.350. The van der Waals surface area contributed by atoms with Crippen LogP contribution in [0.25, 0.3) is 21.5 Å². The summed E-state index contributed by atoms with van der Waals surface area (Å²) in [6.07, 6.45) is 0.626. The zero-order valence-electron chi connectivity index (χ0n) is 13.5. The Morgan fingerprint density at radius 1 is 0.750 bits per heavy atom. The second-order valence-corrected chi connectivity index (χ2v) is 5.94. The van der Waals surface area contributed by atoms with Gasteiger partial charge in [0.25, 0.3) is 0 Å². The molecular weight excluding hydrogens is 296 g/mol. The number of hydrogen-bond acceptors (Lipinski definition) is 2. The van der Waals surface area contributed by atoms with Crippen LogP contribution in [0.5, 0.6) is 11.5 Å². The van der Waals surface area contributed by atoms with Crippen molar-refractivity contribution in [2.24, 2.45) is 0 Å². The number of rotatable bonds is 3. The number of fused-ring (bicyclic) bond motifs is 2. The third-order valence-electron chi connectivity index (χ3n) is 4.57. The van der Waals surface area contributed by atoms with Gasteiger partial charge in [-0.3, -0.25) is 0 Å². The van der Waals surface area contributed by atoms with Gasteiger partial charge in [-0.05, 0) is 27.8 Å². The highest BCUT2D eigenvalue weighted by Crippen LogP contribution is 2.35. The highest BCUT2D eigenvalue weighted by molar-refractivity contribution is 5.91. The number of methoxy groups -OCH3 is 1. The van der Waals surface area contributed by atoms with Gasteiger partial charge in [0, 0.05) is 17.4 Å². The number of phenolic OH excluding ortho intramolecular Hbond substituents is 1. The molecule has 0 aromatic heterocycles. The van der Waals surface area contributed by atoms with E-state index < -0.39 is 0 Å². The molecule has 4 rings (SSSR count). The van der Waals surface area contributed by atoms with E-state index in [4.69, 9.17) is 4.74 Å². The lowest BCUT2D eigenvalue weighted by Crippen LogP contribution is -1.96. The molecule has 0 saturated carbocycles. The fraction of sp³-hybridized carbons (Fsp3) is 0.0909. The maximum atomic E-state index is 10.7. The zero-order chi connectivity index (χ0) is 16.5. The third-order valence-corrected chi connectivity index (χ3v) is 4.57. The van der Waals surface area contributed by atoms with Gasteiger partial charge in [0.05, 0.1) is 7.11 Å². The molecule has 1 N–H and O–H groups in total. The van der Waals surface area contributed by atoms with Crippen LogP contribution in [0.15, 0.2) is 72.8 Å². The van der Waals surface area contributed by atoms with Crippen LogP contribution in [0.4, 0.5) is 0 Å². The summed E-state index contributed by atoms with van der Waals surface area (Å²) >= 11 is 0. The van der Waals surface area contributed by atoms with Crippen molar-refractivity contribution >= 4 is 21.5 Å². The van der Waals surface area contributed by atoms with E-state index in [1.165, 1.54) is 5.39 Å². The molecule has 0 atom stereocenters. The van der Waals surface area contributed by atoms with Crippen LogP contribution in [-0.2, 0) is 6.42 Å². The Labute approximate surface area is 140 Å². The summed E-state index contributed by atoms with van der Waals surface area (Å²) in [4.78, 5) is 0. The maximum Gasteiger partial charge on any atom is 0.126 e. The highest BCUT2D eigenvalue weighted by Gasteiger charge is 2.13. The predicted molar refractivity (Wildman–Crippen MR) is 98.9 cm³/mol. The van der Waals surface area contributed by atoms with Crippen molar-refractivity contribution in [3.63, 3.8) is 0 Å². The summed E-state index contributed by atoms with van der Waals surface area (Å²) in [5, 5.41) is 15.0. The maximum absolute atomic E-state index is 10.7. The van der Waals surface area contributed by atoms with E-state index in [-0.39, 0.29) is 0 Å². The van der Waals surface area contributed by atoms with Gasteiger partial charge >= 0.3 is 0 Å². The molecule has 0 radical (unpaired) electrons. The van der Waals surface area contributed by atoms with E-state index in [0.29, 0.717) is 12.2 Å². The minimum Gasteiger partial charge on any atom is -0.507 e. The minimum atomic E-state index is 0.350. The Hall–Kier alpha value is -3.00. The van der Waals surface area contributed by atoms with E-state index in [1.54, 1.807) is 7.11 Å². The lowest BCUT2D eigenvalue weighted by molar-refractivity contribution is 0.411. The van der Waals surface area contributed by atoms with Crippen molar-refractivity contribution in [2.45, 2.75) is 6.42 Å². The molecule has 0 saturated heterocycles. The van der Waals surface area contributed by atoms with Gasteiger partial charge in [0.1, 0.15) is 11.5 Å². The van der Waals surface area contributed by atoms with E-state index >= 15 is 0 Å². The Balaban J connectivity index is 1.89. The average molecular weight is 314 g/mol. The van der Waals surface area contributed by atoms with Gasteiger partial charge in [-0.2, -0.15) is 0 Å². The van der Waals surface area contributed by atoms with Crippen LogP contribution < -0.4 is 4.74 Å². The van der Waals surface area contributed by atoms with Gasteiger partial charge in [0.2, 0.25) is 0 Å². The number of hydrogen-bond donors (Lipinski definition) is 1.